The Morgan fingerprint density at radius 2 is 1.81 bits per heavy atom. The van der Waals surface area contributed by atoms with Crippen molar-refractivity contribution in [1.82, 2.24) is 10.2 Å². The van der Waals surface area contributed by atoms with Crippen LogP contribution in [0.15, 0.2) is 48.5 Å². The van der Waals surface area contributed by atoms with Crippen LogP contribution < -0.4 is 10.1 Å². The molecule has 2 fully saturated rings. The minimum Gasteiger partial charge on any atom is -0.494 e. The molecule has 0 bridgehead atoms. The van der Waals surface area contributed by atoms with Crippen LogP contribution in [-0.2, 0) is 21.5 Å². The molecule has 2 aliphatic heterocycles. The van der Waals surface area contributed by atoms with Gasteiger partial charge in [-0.25, -0.2) is 0 Å². The molecule has 0 saturated carbocycles. The van der Waals surface area contributed by atoms with E-state index in [1.165, 1.54) is 5.56 Å². The molecular formula is C26H32N2O4. The van der Waals surface area contributed by atoms with Crippen LogP contribution in [0.25, 0.3) is 0 Å². The smallest absolute Gasteiger partial charge is 0.251 e. The summed E-state index contributed by atoms with van der Waals surface area (Å²) in [7, 11) is 0. The predicted molar refractivity (Wildman–Crippen MR) is 123 cm³/mol. The highest BCUT2D eigenvalue weighted by atomic mass is 16.5. The maximum absolute atomic E-state index is 12.9. The number of carbonyl (C=O) groups is 2. The van der Waals surface area contributed by atoms with E-state index in [1.807, 2.05) is 48.2 Å². The Morgan fingerprint density at radius 1 is 1.09 bits per heavy atom. The highest BCUT2D eigenvalue weighted by Crippen LogP contribution is 2.35. The molecule has 170 valence electrons. The standard InChI is InChI=1S/C26H32N2O4/c1-2-32-23-11-9-22(10-12-23)26(13-16-31-17-14-26)19-27-25(30)21-7-5-20(6-8-21)18-28-15-3-4-24(28)29/h5-12H,2-4,13-19H2,1H3,(H,27,30). The van der Waals surface area contributed by atoms with Crippen molar-refractivity contribution in [3.63, 3.8) is 0 Å². The maximum atomic E-state index is 12.9. The van der Waals surface area contributed by atoms with E-state index in [0.717, 1.165) is 37.1 Å². The Hall–Kier alpha value is -2.86. The molecule has 2 heterocycles. The SMILES string of the molecule is CCOc1ccc(C2(CNC(=O)c3ccc(CN4CCCC4=O)cc3)CCOCC2)cc1. The van der Waals surface area contributed by atoms with Crippen molar-refractivity contribution in [2.24, 2.45) is 0 Å². The fourth-order valence-corrected chi connectivity index (χ4v) is 4.61. The molecule has 2 aliphatic rings. The van der Waals surface area contributed by atoms with Crippen LogP contribution in [0.3, 0.4) is 0 Å². The summed E-state index contributed by atoms with van der Waals surface area (Å²) in [5, 5.41) is 3.16. The fraction of sp³-hybridized carbons (Fsp3) is 0.462. The molecule has 2 aromatic carbocycles. The summed E-state index contributed by atoms with van der Waals surface area (Å²) in [5.41, 5.74) is 2.74. The lowest BCUT2D eigenvalue weighted by Gasteiger charge is -2.38. The summed E-state index contributed by atoms with van der Waals surface area (Å²) in [6.07, 6.45) is 3.30. The van der Waals surface area contributed by atoms with E-state index in [2.05, 4.69) is 17.4 Å². The van der Waals surface area contributed by atoms with E-state index in [1.54, 1.807) is 0 Å². The van der Waals surface area contributed by atoms with Gasteiger partial charge < -0.3 is 19.7 Å². The van der Waals surface area contributed by atoms with Crippen molar-refractivity contribution >= 4 is 11.8 Å². The predicted octanol–water partition coefficient (Wildman–Crippen LogP) is 3.69. The van der Waals surface area contributed by atoms with E-state index >= 15 is 0 Å². The van der Waals surface area contributed by atoms with Crippen LogP contribution in [0.4, 0.5) is 0 Å². The third-order valence-electron chi connectivity index (χ3n) is 6.58. The molecule has 0 atom stereocenters. The second-order valence-electron chi connectivity index (χ2n) is 8.65. The summed E-state index contributed by atoms with van der Waals surface area (Å²) < 4.78 is 11.2. The van der Waals surface area contributed by atoms with Crippen LogP contribution in [0.2, 0.25) is 0 Å². The number of hydrogen-bond acceptors (Lipinski definition) is 4. The molecule has 0 aliphatic carbocycles. The minimum atomic E-state index is -0.144. The van der Waals surface area contributed by atoms with Crippen molar-refractivity contribution in [3.05, 3.63) is 65.2 Å². The van der Waals surface area contributed by atoms with Gasteiger partial charge in [0, 0.05) is 50.2 Å². The number of likely N-dealkylation sites (tertiary alicyclic amines) is 1. The highest BCUT2D eigenvalue weighted by Gasteiger charge is 2.35. The number of nitrogens with one attached hydrogen (secondary N) is 1. The second kappa shape index (κ2) is 10.2. The molecule has 6 nitrogen and oxygen atoms in total. The van der Waals surface area contributed by atoms with E-state index in [0.29, 0.717) is 44.9 Å². The van der Waals surface area contributed by atoms with Crippen molar-refractivity contribution in [1.29, 1.82) is 0 Å². The van der Waals surface area contributed by atoms with Gasteiger partial charge in [-0.3, -0.25) is 9.59 Å². The van der Waals surface area contributed by atoms with Crippen molar-refractivity contribution in [2.75, 3.05) is 32.9 Å². The first-order valence-electron chi connectivity index (χ1n) is 11.6. The Kier molecular flexibility index (Phi) is 7.10. The van der Waals surface area contributed by atoms with Gasteiger partial charge in [0.05, 0.1) is 6.61 Å². The summed E-state index contributed by atoms with van der Waals surface area (Å²) in [6, 6.07) is 15.8. The highest BCUT2D eigenvalue weighted by molar-refractivity contribution is 5.94. The zero-order valence-electron chi connectivity index (χ0n) is 18.8. The van der Waals surface area contributed by atoms with Crippen molar-refractivity contribution in [3.8, 4) is 5.75 Å². The largest absolute Gasteiger partial charge is 0.494 e. The maximum Gasteiger partial charge on any atom is 0.251 e. The van der Waals surface area contributed by atoms with Crippen LogP contribution in [0.5, 0.6) is 5.75 Å². The molecule has 0 unspecified atom stereocenters. The molecular weight excluding hydrogens is 404 g/mol. The quantitative estimate of drug-likeness (QED) is 0.685. The number of ether oxygens (including phenoxy) is 2. The summed E-state index contributed by atoms with van der Waals surface area (Å²) in [5.74, 6) is 0.992. The van der Waals surface area contributed by atoms with E-state index in [9.17, 15) is 9.59 Å². The topological polar surface area (TPSA) is 67.9 Å². The number of benzene rings is 2. The fourth-order valence-electron chi connectivity index (χ4n) is 4.61. The molecule has 0 aromatic heterocycles. The Bertz CT molecular complexity index is 918. The third-order valence-corrected chi connectivity index (χ3v) is 6.58. The monoisotopic (exact) mass is 436 g/mol. The molecule has 4 rings (SSSR count). The summed E-state index contributed by atoms with van der Waals surface area (Å²) in [4.78, 5) is 26.6. The van der Waals surface area contributed by atoms with Crippen molar-refractivity contribution in [2.45, 2.75) is 44.6 Å². The number of carbonyl (C=O) groups excluding carboxylic acids is 2. The molecule has 0 radical (unpaired) electrons. The minimum absolute atomic E-state index is 0.0781. The zero-order valence-corrected chi connectivity index (χ0v) is 18.8. The number of hydrogen-bond donors (Lipinski definition) is 1. The van der Waals surface area contributed by atoms with Gasteiger partial charge in [-0.05, 0) is 61.6 Å². The molecule has 0 spiro atoms. The Morgan fingerprint density at radius 3 is 2.44 bits per heavy atom. The lowest BCUT2D eigenvalue weighted by molar-refractivity contribution is -0.128. The zero-order chi connectivity index (χ0) is 22.4. The lowest BCUT2D eigenvalue weighted by atomic mass is 9.74. The molecule has 1 N–H and O–H groups in total. The van der Waals surface area contributed by atoms with E-state index in [4.69, 9.17) is 9.47 Å². The molecule has 32 heavy (non-hydrogen) atoms. The van der Waals surface area contributed by atoms with E-state index < -0.39 is 0 Å². The lowest BCUT2D eigenvalue weighted by Crippen LogP contribution is -2.44. The normalized spacial score (nSPS) is 17.9. The number of amides is 2. The number of rotatable bonds is 8. The van der Waals surface area contributed by atoms with Gasteiger partial charge >= 0.3 is 0 Å². The van der Waals surface area contributed by atoms with Gasteiger partial charge in [-0.15, -0.1) is 0 Å². The van der Waals surface area contributed by atoms with Gasteiger partial charge in [-0.2, -0.15) is 0 Å². The Balaban J connectivity index is 1.40. The third kappa shape index (κ3) is 5.13. The molecule has 2 saturated heterocycles. The van der Waals surface area contributed by atoms with Gasteiger partial charge in [0.1, 0.15) is 5.75 Å². The first-order valence-corrected chi connectivity index (χ1v) is 11.6. The molecule has 6 heteroatoms. The van der Waals surface area contributed by atoms with Crippen LogP contribution in [0, 0.1) is 0 Å². The van der Waals surface area contributed by atoms with E-state index in [-0.39, 0.29) is 17.2 Å². The van der Waals surface area contributed by atoms with Gasteiger partial charge in [0.25, 0.3) is 5.91 Å². The second-order valence-corrected chi connectivity index (χ2v) is 8.65. The van der Waals surface area contributed by atoms with Crippen LogP contribution >= 0.6 is 0 Å². The first kappa shape index (κ1) is 22.3. The van der Waals surface area contributed by atoms with Crippen LogP contribution in [0.1, 0.15) is 54.1 Å². The Labute approximate surface area is 189 Å². The summed E-state index contributed by atoms with van der Waals surface area (Å²) in [6.45, 7) is 5.98. The molecule has 2 amide bonds. The average molecular weight is 437 g/mol. The van der Waals surface area contributed by atoms with Gasteiger partial charge in [0.2, 0.25) is 5.91 Å². The first-order chi connectivity index (χ1) is 15.6. The number of nitrogens with zero attached hydrogens (tertiary/aromatic N) is 1. The van der Waals surface area contributed by atoms with Crippen molar-refractivity contribution < 1.29 is 19.1 Å². The molecule has 2 aromatic rings. The van der Waals surface area contributed by atoms with Gasteiger partial charge in [-0.1, -0.05) is 24.3 Å². The van der Waals surface area contributed by atoms with Crippen LogP contribution in [-0.4, -0.2) is 49.6 Å². The average Bonchev–Trinajstić information content (AvgIpc) is 3.23. The van der Waals surface area contributed by atoms with Gasteiger partial charge in [0.15, 0.2) is 0 Å². The summed E-state index contributed by atoms with van der Waals surface area (Å²) >= 11 is 0.